The molecule has 1 saturated heterocycles. The molecule has 49 heavy (non-hydrogen) atoms. The Morgan fingerprint density at radius 2 is 1.04 bits per heavy atom. The monoisotopic (exact) mass is 643 g/mol. The molecule has 1 fully saturated rings. The summed E-state index contributed by atoms with van der Waals surface area (Å²) in [4.78, 5) is 56.8. The van der Waals surface area contributed by atoms with E-state index in [1.807, 2.05) is 83.4 Å². The molecule has 0 bridgehead atoms. The van der Waals surface area contributed by atoms with Crippen molar-refractivity contribution in [2.75, 3.05) is 16.9 Å². The molecule has 0 aliphatic carbocycles. The number of urea groups is 1. The van der Waals surface area contributed by atoms with Crippen molar-refractivity contribution in [3.8, 4) is 28.2 Å². The van der Waals surface area contributed by atoms with Crippen LogP contribution in [0.4, 0.5) is 16.2 Å². The van der Waals surface area contributed by atoms with Crippen LogP contribution in [0, 0.1) is 0 Å². The number of carbonyl (C=O) groups is 4. The quantitative estimate of drug-likeness (QED) is 0.0995. The van der Waals surface area contributed by atoms with Crippen LogP contribution in [0.2, 0.25) is 0 Å². The zero-order valence-electron chi connectivity index (χ0n) is 26.4. The van der Waals surface area contributed by atoms with Gasteiger partial charge in [0, 0.05) is 11.3 Å². The summed E-state index contributed by atoms with van der Waals surface area (Å²) in [6.07, 6.45) is 1.57. The Hall–Kier alpha value is -6.80. The van der Waals surface area contributed by atoms with Crippen molar-refractivity contribution >= 4 is 41.3 Å². The van der Waals surface area contributed by atoms with Gasteiger partial charge >= 0.3 is 12.0 Å². The number of aromatic nitrogens is 1. The van der Waals surface area contributed by atoms with E-state index < -0.39 is 23.8 Å². The van der Waals surface area contributed by atoms with Crippen molar-refractivity contribution in [1.29, 1.82) is 0 Å². The number of methoxy groups -OCH3 is 1. The molecule has 0 spiro atoms. The highest BCUT2D eigenvalue weighted by Gasteiger charge is 2.44. The smallest absolute Gasteiger partial charge is 0.343 e. The van der Waals surface area contributed by atoms with Crippen molar-refractivity contribution < 1.29 is 23.9 Å². The minimum absolute atomic E-state index is 0.178. The normalized spacial score (nSPS) is 13.1. The summed E-state index contributed by atoms with van der Waals surface area (Å²) in [7, 11) is 1.34. The maximum Gasteiger partial charge on any atom is 0.343 e. The van der Waals surface area contributed by atoms with Gasteiger partial charge in [-0.25, -0.2) is 19.4 Å². The molecule has 8 nitrogen and oxygen atoms in total. The van der Waals surface area contributed by atoms with E-state index >= 15 is 0 Å². The third-order valence-electron chi connectivity index (χ3n) is 8.27. The molecular weight excluding hydrogens is 614 g/mol. The second-order valence-corrected chi connectivity index (χ2v) is 11.2. The van der Waals surface area contributed by atoms with Crippen LogP contribution in [0.15, 0.2) is 157 Å². The predicted molar refractivity (Wildman–Crippen MR) is 189 cm³/mol. The lowest BCUT2D eigenvalue weighted by atomic mass is 10.0. The zero-order chi connectivity index (χ0) is 33.9. The first-order chi connectivity index (χ1) is 24.0. The largest absolute Gasteiger partial charge is 0.465 e. The Morgan fingerprint density at radius 3 is 1.53 bits per heavy atom. The minimum atomic E-state index is -0.763. The van der Waals surface area contributed by atoms with Crippen LogP contribution in [-0.4, -0.2) is 35.5 Å². The van der Waals surface area contributed by atoms with Crippen LogP contribution in [-0.2, 0) is 14.3 Å². The topological polar surface area (TPSA) is 88.9 Å². The van der Waals surface area contributed by atoms with Crippen molar-refractivity contribution in [2.45, 2.75) is 0 Å². The van der Waals surface area contributed by atoms with E-state index in [0.29, 0.717) is 28.2 Å². The van der Waals surface area contributed by atoms with Gasteiger partial charge in [-0.2, -0.15) is 0 Å². The number of imide groups is 2. The van der Waals surface area contributed by atoms with Gasteiger partial charge in [0.05, 0.1) is 35.4 Å². The summed E-state index contributed by atoms with van der Waals surface area (Å²) in [6, 6.07) is 44.7. The first-order valence-electron chi connectivity index (χ1n) is 15.6. The van der Waals surface area contributed by atoms with E-state index in [-0.39, 0.29) is 5.57 Å². The molecule has 6 aromatic rings. The number of hydrogen-bond acceptors (Lipinski definition) is 5. The minimum Gasteiger partial charge on any atom is -0.465 e. The molecule has 5 aromatic carbocycles. The number of ether oxygens (including phenoxy) is 1. The van der Waals surface area contributed by atoms with E-state index in [4.69, 9.17) is 4.74 Å². The van der Waals surface area contributed by atoms with E-state index in [2.05, 4.69) is 0 Å². The average molecular weight is 644 g/mol. The number of barbiturate groups is 1. The molecule has 1 aliphatic rings. The maximum atomic E-state index is 14.3. The van der Waals surface area contributed by atoms with Crippen LogP contribution < -0.4 is 9.80 Å². The maximum absolute atomic E-state index is 14.3. The lowest BCUT2D eigenvalue weighted by molar-refractivity contribution is -0.121. The van der Waals surface area contributed by atoms with E-state index in [9.17, 15) is 19.2 Å². The summed E-state index contributed by atoms with van der Waals surface area (Å²) >= 11 is 0. The van der Waals surface area contributed by atoms with Gasteiger partial charge in [-0.05, 0) is 71.8 Å². The van der Waals surface area contributed by atoms with Crippen LogP contribution in [0.25, 0.3) is 34.3 Å². The Bertz CT molecular complexity index is 2150. The van der Waals surface area contributed by atoms with Crippen molar-refractivity contribution in [2.24, 2.45) is 0 Å². The molecule has 0 N–H and O–H groups in total. The zero-order valence-corrected chi connectivity index (χ0v) is 26.4. The van der Waals surface area contributed by atoms with Gasteiger partial charge in [0.25, 0.3) is 11.8 Å². The van der Waals surface area contributed by atoms with Gasteiger partial charge in [0.1, 0.15) is 5.57 Å². The lowest BCUT2D eigenvalue weighted by Gasteiger charge is -2.33. The van der Waals surface area contributed by atoms with Gasteiger partial charge < -0.3 is 9.30 Å². The second kappa shape index (κ2) is 13.1. The number of rotatable bonds is 7. The molecule has 0 atom stereocenters. The lowest BCUT2D eigenvalue weighted by Crippen LogP contribution is -2.57. The summed E-state index contributed by atoms with van der Waals surface area (Å²) in [5, 5.41) is 0. The van der Waals surface area contributed by atoms with Gasteiger partial charge in [-0.3, -0.25) is 9.59 Å². The molecule has 2 heterocycles. The highest BCUT2D eigenvalue weighted by molar-refractivity contribution is 6.46. The number of carbonyl (C=O) groups excluding carboxylic acids is 4. The van der Waals surface area contributed by atoms with Gasteiger partial charge in [-0.1, -0.05) is 97.1 Å². The first-order valence-corrected chi connectivity index (χ1v) is 15.6. The fraction of sp³-hybridized carbons (Fsp3) is 0.0244. The number of esters is 1. The second-order valence-electron chi connectivity index (χ2n) is 11.2. The van der Waals surface area contributed by atoms with Gasteiger partial charge in [0.2, 0.25) is 0 Å². The Balaban J connectivity index is 1.49. The van der Waals surface area contributed by atoms with Crippen molar-refractivity contribution in [3.63, 3.8) is 0 Å². The number of nitrogens with zero attached hydrogens (tertiary/aromatic N) is 3. The molecule has 7 rings (SSSR count). The molecule has 0 unspecified atom stereocenters. The van der Waals surface area contributed by atoms with Crippen LogP contribution in [0.1, 0.15) is 15.9 Å². The SMILES string of the molecule is COC(=O)c1ccc(-n2c(-c3ccccc3)cc(C=C3C(=O)N(c4ccccc4)C(=O)N(c4ccccc4)C3=O)c2-c2ccccc2)cc1. The molecule has 4 amide bonds. The molecule has 238 valence electrons. The molecule has 8 heteroatoms. The summed E-state index contributed by atoms with van der Waals surface area (Å²) in [5.41, 5.74) is 5.40. The fourth-order valence-electron chi connectivity index (χ4n) is 5.98. The molecule has 0 saturated carbocycles. The number of anilines is 2. The van der Waals surface area contributed by atoms with Gasteiger partial charge in [-0.15, -0.1) is 0 Å². The number of para-hydroxylation sites is 2. The summed E-state index contributed by atoms with van der Waals surface area (Å²) in [6.45, 7) is 0. The standard InChI is InChI=1S/C41H29N3O5/c1-49-40(47)30-22-24-34(25-23-30)42-36(28-14-6-2-7-15-28)27-31(37(42)29-16-8-3-9-17-29)26-35-38(45)43(32-18-10-4-11-19-32)41(48)44(39(35)46)33-20-12-5-13-21-33/h2-27H,1H3. The van der Waals surface area contributed by atoms with Crippen LogP contribution >= 0.6 is 0 Å². The number of hydrogen-bond donors (Lipinski definition) is 0. The van der Waals surface area contributed by atoms with Crippen LogP contribution in [0.3, 0.4) is 0 Å². The number of amides is 4. The van der Waals surface area contributed by atoms with E-state index in [1.54, 1.807) is 78.9 Å². The molecule has 0 radical (unpaired) electrons. The Labute approximate surface area is 282 Å². The summed E-state index contributed by atoms with van der Waals surface area (Å²) < 4.78 is 6.95. The number of benzene rings is 5. The fourth-order valence-corrected chi connectivity index (χ4v) is 5.98. The third kappa shape index (κ3) is 5.72. The third-order valence-corrected chi connectivity index (χ3v) is 8.27. The highest BCUT2D eigenvalue weighted by atomic mass is 16.5. The van der Waals surface area contributed by atoms with E-state index in [1.165, 1.54) is 7.11 Å². The van der Waals surface area contributed by atoms with E-state index in [0.717, 1.165) is 32.3 Å². The highest BCUT2D eigenvalue weighted by Crippen LogP contribution is 2.38. The Morgan fingerprint density at radius 1 is 0.571 bits per heavy atom. The molecule has 1 aliphatic heterocycles. The van der Waals surface area contributed by atoms with Crippen molar-refractivity contribution in [1.82, 2.24) is 4.57 Å². The Kier molecular flexibility index (Phi) is 8.26. The van der Waals surface area contributed by atoms with Crippen LogP contribution in [0.5, 0.6) is 0 Å². The van der Waals surface area contributed by atoms with Gasteiger partial charge in [0.15, 0.2) is 0 Å². The predicted octanol–water partition coefficient (Wildman–Crippen LogP) is 8.18. The molecular formula is C41H29N3O5. The molecule has 1 aromatic heterocycles. The average Bonchev–Trinajstić information content (AvgIpc) is 3.54. The summed E-state index contributed by atoms with van der Waals surface area (Å²) in [5.74, 6) is -1.92. The first kappa shape index (κ1) is 30.8. The van der Waals surface area contributed by atoms with Crippen molar-refractivity contribution in [3.05, 3.63) is 168 Å².